The van der Waals surface area contributed by atoms with Crippen LogP contribution in [0.3, 0.4) is 0 Å². The van der Waals surface area contributed by atoms with Crippen molar-refractivity contribution in [1.29, 1.82) is 0 Å². The summed E-state index contributed by atoms with van der Waals surface area (Å²) in [7, 11) is 4.19. The first-order valence-electron chi connectivity index (χ1n) is 8.77. The molecular formula is C21H25N5. The maximum Gasteiger partial charge on any atom is 0.163 e. The molecule has 0 amide bonds. The van der Waals surface area contributed by atoms with Crippen molar-refractivity contribution in [3.8, 4) is 11.4 Å². The lowest BCUT2D eigenvalue weighted by Gasteiger charge is -2.26. The number of hydrogen-bond donors (Lipinski definition) is 1. The third-order valence-corrected chi connectivity index (χ3v) is 4.58. The lowest BCUT2D eigenvalue weighted by Crippen LogP contribution is -2.27. The molecule has 1 aromatic carbocycles. The van der Waals surface area contributed by atoms with Crippen LogP contribution < -0.4 is 5.32 Å². The van der Waals surface area contributed by atoms with Gasteiger partial charge >= 0.3 is 0 Å². The van der Waals surface area contributed by atoms with Crippen molar-refractivity contribution < 1.29 is 0 Å². The summed E-state index contributed by atoms with van der Waals surface area (Å²) < 4.78 is 0. The summed E-state index contributed by atoms with van der Waals surface area (Å²) in [6.07, 6.45) is 3.55. The second-order valence-corrected chi connectivity index (χ2v) is 6.62. The Labute approximate surface area is 155 Å². The first-order valence-corrected chi connectivity index (χ1v) is 8.77. The first kappa shape index (κ1) is 18.0. The minimum absolute atomic E-state index is 0.257. The first-order chi connectivity index (χ1) is 12.6. The van der Waals surface area contributed by atoms with E-state index in [1.165, 1.54) is 5.56 Å². The number of nitrogens with one attached hydrogen (secondary N) is 1. The molecule has 0 saturated heterocycles. The molecule has 2 aromatic heterocycles. The van der Waals surface area contributed by atoms with E-state index in [2.05, 4.69) is 65.5 Å². The number of hydrogen-bond acceptors (Lipinski definition) is 5. The van der Waals surface area contributed by atoms with Gasteiger partial charge in [-0.05, 0) is 45.6 Å². The highest BCUT2D eigenvalue weighted by Crippen LogP contribution is 2.23. The zero-order valence-electron chi connectivity index (χ0n) is 15.8. The number of aryl methyl sites for hydroxylation is 1. The van der Waals surface area contributed by atoms with E-state index in [1.54, 1.807) is 12.4 Å². The van der Waals surface area contributed by atoms with E-state index in [0.29, 0.717) is 5.82 Å². The minimum atomic E-state index is 0.257. The van der Waals surface area contributed by atoms with Gasteiger partial charge in [-0.3, -0.25) is 4.98 Å². The molecule has 3 rings (SSSR count). The van der Waals surface area contributed by atoms with E-state index < -0.39 is 0 Å². The Morgan fingerprint density at radius 2 is 1.77 bits per heavy atom. The molecule has 0 saturated carbocycles. The van der Waals surface area contributed by atoms with Gasteiger partial charge in [0.1, 0.15) is 5.82 Å². The molecule has 1 atom stereocenters. The Morgan fingerprint density at radius 3 is 2.42 bits per heavy atom. The summed E-state index contributed by atoms with van der Waals surface area (Å²) in [5.41, 5.74) is 4.25. The van der Waals surface area contributed by atoms with Crippen molar-refractivity contribution in [2.45, 2.75) is 19.9 Å². The molecule has 0 radical (unpaired) electrons. The summed E-state index contributed by atoms with van der Waals surface area (Å²) in [5.74, 6) is 1.57. The minimum Gasteiger partial charge on any atom is -0.368 e. The molecule has 1 N–H and O–H groups in total. The standard InChI is InChI=1S/C21H25N5/c1-15-16(2)24-21(18-11-8-12-22-13-18)25-20(15)23-14-19(26(3)4)17-9-6-5-7-10-17/h5-13,19H,14H2,1-4H3,(H,23,24,25)/t19-/m1/s1. The third-order valence-electron chi connectivity index (χ3n) is 4.58. The number of nitrogens with zero attached hydrogens (tertiary/aromatic N) is 4. The van der Waals surface area contributed by atoms with E-state index in [1.807, 2.05) is 25.1 Å². The highest BCUT2D eigenvalue weighted by atomic mass is 15.1. The fourth-order valence-corrected chi connectivity index (χ4v) is 2.89. The largest absolute Gasteiger partial charge is 0.368 e. The molecule has 0 spiro atoms. The fourth-order valence-electron chi connectivity index (χ4n) is 2.89. The van der Waals surface area contributed by atoms with Gasteiger partial charge in [0.2, 0.25) is 0 Å². The Bertz CT molecular complexity index is 847. The summed E-state index contributed by atoms with van der Waals surface area (Å²) in [6.45, 7) is 4.83. The lowest BCUT2D eigenvalue weighted by molar-refractivity contribution is 0.311. The summed E-state index contributed by atoms with van der Waals surface area (Å²) >= 11 is 0. The van der Waals surface area contributed by atoms with Gasteiger partial charge in [-0.1, -0.05) is 30.3 Å². The monoisotopic (exact) mass is 347 g/mol. The van der Waals surface area contributed by atoms with Gasteiger partial charge in [0.25, 0.3) is 0 Å². The van der Waals surface area contributed by atoms with Crippen LogP contribution in [0.25, 0.3) is 11.4 Å². The normalized spacial score (nSPS) is 12.2. The summed E-state index contributed by atoms with van der Waals surface area (Å²) in [6, 6.07) is 14.6. The van der Waals surface area contributed by atoms with Gasteiger partial charge in [0, 0.05) is 35.8 Å². The van der Waals surface area contributed by atoms with E-state index in [-0.39, 0.29) is 6.04 Å². The molecule has 3 aromatic rings. The number of anilines is 1. The average molecular weight is 347 g/mol. The van der Waals surface area contributed by atoms with Crippen LogP contribution in [0.5, 0.6) is 0 Å². The van der Waals surface area contributed by atoms with E-state index in [0.717, 1.165) is 29.2 Å². The Morgan fingerprint density at radius 1 is 1.00 bits per heavy atom. The molecule has 2 heterocycles. The zero-order valence-corrected chi connectivity index (χ0v) is 15.8. The molecule has 0 aliphatic rings. The average Bonchev–Trinajstić information content (AvgIpc) is 2.66. The van der Waals surface area contributed by atoms with Crippen molar-refractivity contribution in [3.05, 3.63) is 71.7 Å². The summed E-state index contributed by atoms with van der Waals surface area (Å²) in [5, 5.41) is 3.53. The highest BCUT2D eigenvalue weighted by molar-refractivity contribution is 5.58. The number of likely N-dealkylation sites (N-methyl/N-ethyl adjacent to an activating group) is 1. The van der Waals surface area contributed by atoms with Crippen LogP contribution in [0, 0.1) is 13.8 Å². The van der Waals surface area contributed by atoms with Gasteiger partial charge in [-0.15, -0.1) is 0 Å². The Kier molecular flexibility index (Phi) is 5.58. The number of rotatable bonds is 6. The maximum absolute atomic E-state index is 4.75. The van der Waals surface area contributed by atoms with Gasteiger partial charge in [0.05, 0.1) is 6.04 Å². The SMILES string of the molecule is Cc1nc(-c2cccnc2)nc(NC[C@H](c2ccccc2)N(C)C)c1C. The van der Waals surface area contributed by atoms with Crippen LogP contribution in [-0.2, 0) is 0 Å². The second-order valence-electron chi connectivity index (χ2n) is 6.62. The molecule has 0 unspecified atom stereocenters. The van der Waals surface area contributed by atoms with E-state index >= 15 is 0 Å². The van der Waals surface area contributed by atoms with Gasteiger partial charge < -0.3 is 10.2 Å². The predicted molar refractivity (Wildman–Crippen MR) is 106 cm³/mol. The molecule has 0 bridgehead atoms. The smallest absolute Gasteiger partial charge is 0.163 e. The maximum atomic E-state index is 4.75. The molecule has 0 fully saturated rings. The van der Waals surface area contributed by atoms with Crippen LogP contribution in [0.2, 0.25) is 0 Å². The highest BCUT2D eigenvalue weighted by Gasteiger charge is 2.16. The zero-order chi connectivity index (χ0) is 18.5. The molecule has 134 valence electrons. The second kappa shape index (κ2) is 8.06. The lowest BCUT2D eigenvalue weighted by atomic mass is 10.1. The fraction of sp³-hybridized carbons (Fsp3) is 0.286. The number of pyridine rings is 1. The molecule has 26 heavy (non-hydrogen) atoms. The van der Waals surface area contributed by atoms with Crippen LogP contribution in [0.15, 0.2) is 54.9 Å². The van der Waals surface area contributed by atoms with Gasteiger partial charge in [-0.25, -0.2) is 9.97 Å². The molecule has 5 heteroatoms. The Balaban J connectivity index is 1.86. The van der Waals surface area contributed by atoms with Crippen molar-refractivity contribution in [2.75, 3.05) is 26.0 Å². The molecule has 0 aliphatic carbocycles. The number of aromatic nitrogens is 3. The third kappa shape index (κ3) is 4.06. The van der Waals surface area contributed by atoms with Crippen molar-refractivity contribution >= 4 is 5.82 Å². The Hall–Kier alpha value is -2.79. The van der Waals surface area contributed by atoms with E-state index in [4.69, 9.17) is 4.98 Å². The predicted octanol–water partition coefficient (Wildman–Crippen LogP) is 3.87. The van der Waals surface area contributed by atoms with Crippen LogP contribution in [0.1, 0.15) is 22.9 Å². The quantitative estimate of drug-likeness (QED) is 0.733. The van der Waals surface area contributed by atoms with E-state index in [9.17, 15) is 0 Å². The van der Waals surface area contributed by atoms with Crippen molar-refractivity contribution in [1.82, 2.24) is 19.9 Å². The van der Waals surface area contributed by atoms with Crippen LogP contribution in [0.4, 0.5) is 5.82 Å². The van der Waals surface area contributed by atoms with Crippen LogP contribution >= 0.6 is 0 Å². The van der Waals surface area contributed by atoms with Crippen molar-refractivity contribution in [3.63, 3.8) is 0 Å². The summed E-state index contributed by atoms with van der Waals surface area (Å²) in [4.78, 5) is 15.8. The van der Waals surface area contributed by atoms with Gasteiger partial charge in [0.15, 0.2) is 5.82 Å². The topological polar surface area (TPSA) is 53.9 Å². The molecule has 0 aliphatic heterocycles. The van der Waals surface area contributed by atoms with Crippen molar-refractivity contribution in [2.24, 2.45) is 0 Å². The molecular weight excluding hydrogens is 322 g/mol. The molecule has 5 nitrogen and oxygen atoms in total. The van der Waals surface area contributed by atoms with Gasteiger partial charge in [-0.2, -0.15) is 0 Å². The number of benzene rings is 1. The van der Waals surface area contributed by atoms with Crippen LogP contribution in [-0.4, -0.2) is 40.5 Å².